The highest BCUT2D eigenvalue weighted by Crippen LogP contribution is 2.14. The maximum Gasteiger partial charge on any atom is 0.328 e. The third-order valence-electron chi connectivity index (χ3n) is 2.95. The molecule has 0 aliphatic heterocycles. The van der Waals surface area contributed by atoms with Gasteiger partial charge in [0.25, 0.3) is 0 Å². The van der Waals surface area contributed by atoms with Crippen LogP contribution in [0.4, 0.5) is 0 Å². The molecule has 2 N–H and O–H groups in total. The number of aliphatic hydroxyl groups is 1. The first-order valence-corrected chi connectivity index (χ1v) is 6.98. The smallest absolute Gasteiger partial charge is 0.328 e. The van der Waals surface area contributed by atoms with Crippen molar-refractivity contribution in [3.63, 3.8) is 0 Å². The maximum absolute atomic E-state index is 10.5. The van der Waals surface area contributed by atoms with Gasteiger partial charge >= 0.3 is 5.97 Å². The van der Waals surface area contributed by atoms with Crippen LogP contribution in [0.5, 0.6) is 5.75 Å². The number of carboxylic acids is 1. The quantitative estimate of drug-likeness (QED) is 0.680. The largest absolute Gasteiger partial charge is 0.492 e. The lowest BCUT2D eigenvalue weighted by molar-refractivity contribution is -0.131. The highest BCUT2D eigenvalue weighted by molar-refractivity contribution is 5.85. The maximum atomic E-state index is 10.5. The lowest BCUT2D eigenvalue weighted by atomic mass is 10.2. The van der Waals surface area contributed by atoms with E-state index in [1.54, 1.807) is 13.0 Å². The molecular weight excluding hydrogens is 270 g/mol. The number of hydrogen-bond acceptors (Lipinski definition) is 4. The Morgan fingerprint density at radius 2 is 2.19 bits per heavy atom. The van der Waals surface area contributed by atoms with E-state index in [0.29, 0.717) is 12.4 Å². The molecule has 21 heavy (non-hydrogen) atoms. The Morgan fingerprint density at radius 1 is 1.43 bits per heavy atom. The van der Waals surface area contributed by atoms with Crippen molar-refractivity contribution in [3.05, 3.63) is 35.9 Å². The van der Waals surface area contributed by atoms with Crippen LogP contribution in [0, 0.1) is 0 Å². The van der Waals surface area contributed by atoms with Gasteiger partial charge in [0.1, 0.15) is 12.4 Å². The molecule has 1 unspecified atom stereocenters. The van der Waals surface area contributed by atoms with Crippen LogP contribution in [0.3, 0.4) is 0 Å². The molecule has 0 spiro atoms. The third kappa shape index (κ3) is 8.12. The molecule has 5 heteroatoms. The average molecular weight is 293 g/mol. The number of carboxylic acid groups (broad SMARTS) is 1. The summed E-state index contributed by atoms with van der Waals surface area (Å²) in [5.41, 5.74) is 0.789. The van der Waals surface area contributed by atoms with Crippen molar-refractivity contribution in [3.8, 4) is 5.75 Å². The molecule has 1 aromatic rings. The number of benzene rings is 1. The number of hydrogen-bond donors (Lipinski definition) is 2. The Labute approximate surface area is 125 Å². The van der Waals surface area contributed by atoms with Gasteiger partial charge in [-0.2, -0.15) is 0 Å². The van der Waals surface area contributed by atoms with Gasteiger partial charge in [-0.05, 0) is 44.2 Å². The molecule has 0 aliphatic carbocycles. The molecule has 0 radical (unpaired) electrons. The van der Waals surface area contributed by atoms with E-state index in [4.69, 9.17) is 9.84 Å². The molecule has 1 atom stereocenters. The van der Waals surface area contributed by atoms with Crippen LogP contribution in [-0.4, -0.2) is 53.9 Å². The summed E-state index contributed by atoms with van der Waals surface area (Å²) in [6, 6.07) is 7.29. The Hall–Kier alpha value is -1.85. The second kappa shape index (κ2) is 9.15. The van der Waals surface area contributed by atoms with Crippen LogP contribution in [0.2, 0.25) is 0 Å². The van der Waals surface area contributed by atoms with E-state index in [2.05, 4.69) is 4.90 Å². The minimum Gasteiger partial charge on any atom is -0.492 e. The van der Waals surface area contributed by atoms with Gasteiger partial charge in [-0.1, -0.05) is 12.1 Å². The van der Waals surface area contributed by atoms with Crippen LogP contribution >= 0.6 is 0 Å². The molecule has 0 saturated heterocycles. The first kappa shape index (κ1) is 17.2. The van der Waals surface area contributed by atoms with Crippen LogP contribution in [0.15, 0.2) is 30.3 Å². The molecule has 1 rings (SSSR count). The first-order chi connectivity index (χ1) is 9.97. The Kier molecular flexibility index (Phi) is 7.50. The van der Waals surface area contributed by atoms with Gasteiger partial charge in [0.15, 0.2) is 0 Å². The zero-order valence-corrected chi connectivity index (χ0v) is 12.5. The number of ether oxygens (including phenoxy) is 1. The number of carbonyl (C=O) groups is 1. The summed E-state index contributed by atoms with van der Waals surface area (Å²) in [5, 5.41) is 17.8. The van der Waals surface area contributed by atoms with E-state index in [-0.39, 0.29) is 6.10 Å². The fourth-order valence-electron chi connectivity index (χ4n) is 1.71. The molecule has 0 fully saturated rings. The Balaban J connectivity index is 2.38. The molecule has 0 saturated carbocycles. The predicted molar refractivity (Wildman–Crippen MR) is 82.4 cm³/mol. The fourth-order valence-corrected chi connectivity index (χ4v) is 1.71. The van der Waals surface area contributed by atoms with Crippen molar-refractivity contribution in [2.24, 2.45) is 0 Å². The zero-order chi connectivity index (χ0) is 15.7. The van der Waals surface area contributed by atoms with E-state index in [1.807, 2.05) is 25.2 Å². The van der Waals surface area contributed by atoms with Crippen LogP contribution in [0.25, 0.3) is 6.08 Å². The monoisotopic (exact) mass is 293 g/mol. The van der Waals surface area contributed by atoms with Gasteiger partial charge in [-0.15, -0.1) is 0 Å². The lowest BCUT2D eigenvalue weighted by Crippen LogP contribution is -2.27. The van der Waals surface area contributed by atoms with Gasteiger partial charge in [0, 0.05) is 19.2 Å². The summed E-state index contributed by atoms with van der Waals surface area (Å²) in [6.45, 7) is 3.91. The summed E-state index contributed by atoms with van der Waals surface area (Å²) in [6.07, 6.45) is 3.09. The van der Waals surface area contributed by atoms with E-state index >= 15 is 0 Å². The minimum absolute atomic E-state index is 0.286. The SMILES string of the molecule is CC(O)CCN(C)CCOc1cccc(/C=C/C(=O)O)c1. The number of likely N-dealkylation sites (N-methyl/N-ethyl adjacent to an activating group) is 1. The number of nitrogens with zero attached hydrogens (tertiary/aromatic N) is 1. The highest BCUT2D eigenvalue weighted by Gasteiger charge is 2.02. The fraction of sp³-hybridized carbons (Fsp3) is 0.438. The van der Waals surface area contributed by atoms with Crippen LogP contribution in [0.1, 0.15) is 18.9 Å². The number of aliphatic carboxylic acids is 1. The molecule has 0 aromatic heterocycles. The third-order valence-corrected chi connectivity index (χ3v) is 2.95. The molecule has 116 valence electrons. The predicted octanol–water partition coefficient (Wildman–Crippen LogP) is 1.87. The molecule has 1 aromatic carbocycles. The average Bonchev–Trinajstić information content (AvgIpc) is 2.43. The van der Waals surface area contributed by atoms with Crippen molar-refractivity contribution in [1.29, 1.82) is 0 Å². The first-order valence-electron chi connectivity index (χ1n) is 6.98. The van der Waals surface area contributed by atoms with Crippen molar-refractivity contribution in [2.75, 3.05) is 26.7 Å². The van der Waals surface area contributed by atoms with E-state index in [9.17, 15) is 9.90 Å². The summed E-state index contributed by atoms with van der Waals surface area (Å²) in [7, 11) is 1.98. The van der Waals surface area contributed by atoms with Crippen molar-refractivity contribution in [2.45, 2.75) is 19.4 Å². The van der Waals surface area contributed by atoms with E-state index in [0.717, 1.165) is 31.1 Å². The van der Waals surface area contributed by atoms with Crippen LogP contribution < -0.4 is 4.74 Å². The Morgan fingerprint density at radius 3 is 2.86 bits per heavy atom. The summed E-state index contributed by atoms with van der Waals surface area (Å²) >= 11 is 0. The second-order valence-corrected chi connectivity index (χ2v) is 5.03. The molecule has 0 heterocycles. The topological polar surface area (TPSA) is 70.0 Å². The number of rotatable bonds is 9. The normalized spacial score (nSPS) is 12.8. The summed E-state index contributed by atoms with van der Waals surface area (Å²) in [5.74, 6) is -0.257. The Bertz CT molecular complexity index is 471. The summed E-state index contributed by atoms with van der Waals surface area (Å²) in [4.78, 5) is 12.6. The van der Waals surface area contributed by atoms with Gasteiger partial charge in [0.05, 0.1) is 6.10 Å². The van der Waals surface area contributed by atoms with Crippen molar-refractivity contribution in [1.82, 2.24) is 4.90 Å². The lowest BCUT2D eigenvalue weighted by Gasteiger charge is -2.17. The standard InChI is InChI=1S/C16H23NO4/c1-13(18)8-9-17(2)10-11-21-15-5-3-4-14(12-15)6-7-16(19)20/h3-7,12-13,18H,8-11H2,1-2H3,(H,19,20)/b7-6+. The van der Waals surface area contributed by atoms with E-state index in [1.165, 1.54) is 6.08 Å². The van der Waals surface area contributed by atoms with Gasteiger partial charge in [-0.25, -0.2) is 4.79 Å². The summed E-state index contributed by atoms with van der Waals surface area (Å²) < 4.78 is 5.65. The van der Waals surface area contributed by atoms with Gasteiger partial charge in [-0.3, -0.25) is 0 Å². The molecule has 0 aliphatic rings. The van der Waals surface area contributed by atoms with E-state index < -0.39 is 5.97 Å². The molecular formula is C16H23NO4. The number of aliphatic hydroxyl groups excluding tert-OH is 1. The second-order valence-electron chi connectivity index (χ2n) is 5.03. The van der Waals surface area contributed by atoms with Gasteiger partial charge < -0.3 is 19.8 Å². The van der Waals surface area contributed by atoms with Gasteiger partial charge in [0.2, 0.25) is 0 Å². The minimum atomic E-state index is -0.971. The molecule has 0 bridgehead atoms. The molecule has 5 nitrogen and oxygen atoms in total. The zero-order valence-electron chi connectivity index (χ0n) is 12.5. The van der Waals surface area contributed by atoms with Crippen molar-refractivity contribution >= 4 is 12.0 Å². The van der Waals surface area contributed by atoms with Crippen LogP contribution in [-0.2, 0) is 4.79 Å². The molecule has 0 amide bonds. The van der Waals surface area contributed by atoms with Crippen molar-refractivity contribution < 1.29 is 19.7 Å². The highest BCUT2D eigenvalue weighted by atomic mass is 16.5.